The van der Waals surface area contributed by atoms with Crippen LogP contribution in [0.15, 0.2) is 0 Å². The smallest absolute Gasteiger partial charge is 0.326 e. The third-order valence-electron chi connectivity index (χ3n) is 3.06. The van der Waals surface area contributed by atoms with Crippen LogP contribution < -0.4 is 16.4 Å². The van der Waals surface area contributed by atoms with Gasteiger partial charge in [0.2, 0.25) is 11.8 Å². The maximum atomic E-state index is 11.8. The zero-order valence-corrected chi connectivity index (χ0v) is 11.9. The van der Waals surface area contributed by atoms with Gasteiger partial charge in [-0.25, -0.2) is 4.79 Å². The lowest BCUT2D eigenvalue weighted by atomic mass is 9.99. The Morgan fingerprint density at radius 2 is 1.70 bits per heavy atom. The first kappa shape index (κ1) is 18.3. The zero-order chi connectivity index (χ0) is 15.9. The van der Waals surface area contributed by atoms with Gasteiger partial charge in [-0.05, 0) is 12.8 Å². The van der Waals surface area contributed by atoms with Gasteiger partial charge < -0.3 is 26.6 Å². The minimum Gasteiger partial charge on any atom is -0.480 e. The van der Waals surface area contributed by atoms with E-state index in [0.717, 1.165) is 0 Å². The molecule has 0 rings (SSSR count). The summed E-state index contributed by atoms with van der Waals surface area (Å²) in [6.45, 7) is 4.40. The van der Waals surface area contributed by atoms with Crippen molar-refractivity contribution in [1.29, 1.82) is 0 Å². The van der Waals surface area contributed by atoms with Crippen molar-refractivity contribution in [2.24, 2.45) is 11.7 Å². The number of hydrogen-bond donors (Lipinski definition) is 5. The average molecular weight is 289 g/mol. The predicted molar refractivity (Wildman–Crippen MR) is 71.7 cm³/mol. The number of carbonyl (C=O) groups is 3. The highest BCUT2D eigenvalue weighted by molar-refractivity contribution is 5.91. The molecule has 0 bridgehead atoms. The molecule has 0 spiro atoms. The molecule has 4 atom stereocenters. The van der Waals surface area contributed by atoms with Crippen molar-refractivity contribution >= 4 is 17.8 Å². The highest BCUT2D eigenvalue weighted by atomic mass is 16.4. The number of aliphatic carboxylic acids is 1. The third-order valence-corrected chi connectivity index (χ3v) is 3.06. The summed E-state index contributed by atoms with van der Waals surface area (Å²) < 4.78 is 0. The molecule has 116 valence electrons. The average Bonchev–Trinajstić information content (AvgIpc) is 2.41. The van der Waals surface area contributed by atoms with Crippen molar-refractivity contribution in [2.45, 2.75) is 45.3 Å². The number of aliphatic hydroxyl groups is 1. The number of rotatable bonds is 8. The highest BCUT2D eigenvalue weighted by Gasteiger charge is 2.28. The predicted octanol–water partition coefficient (Wildman–Crippen LogP) is -1.57. The van der Waals surface area contributed by atoms with Crippen LogP contribution in [-0.4, -0.2) is 52.7 Å². The second kappa shape index (κ2) is 8.49. The lowest BCUT2D eigenvalue weighted by Gasteiger charge is -2.23. The number of hydrogen-bond acceptors (Lipinski definition) is 5. The first-order valence-electron chi connectivity index (χ1n) is 6.44. The van der Waals surface area contributed by atoms with Gasteiger partial charge in [0, 0.05) is 0 Å². The fraction of sp³-hybridized carbons (Fsp3) is 0.750. The van der Waals surface area contributed by atoms with Gasteiger partial charge in [-0.15, -0.1) is 0 Å². The van der Waals surface area contributed by atoms with Gasteiger partial charge >= 0.3 is 5.97 Å². The zero-order valence-electron chi connectivity index (χ0n) is 11.9. The molecule has 0 aromatic rings. The quantitative estimate of drug-likeness (QED) is 0.365. The summed E-state index contributed by atoms with van der Waals surface area (Å²) >= 11 is 0. The van der Waals surface area contributed by atoms with Crippen LogP contribution in [0.5, 0.6) is 0 Å². The normalized spacial score (nSPS) is 16.6. The molecule has 0 aliphatic rings. The second-order valence-corrected chi connectivity index (χ2v) is 4.73. The molecule has 0 aromatic carbocycles. The van der Waals surface area contributed by atoms with E-state index in [9.17, 15) is 14.4 Å². The molecular formula is C12H23N3O5. The SMILES string of the molecule is CC[C@H](C)[C@H](NC(=O)[C@H](C)NC(=O)[C@@H](N)CO)C(=O)O. The van der Waals surface area contributed by atoms with E-state index in [2.05, 4.69) is 10.6 Å². The number of carboxylic acid groups (broad SMARTS) is 1. The Bertz CT molecular complexity index is 361. The molecule has 0 unspecified atom stereocenters. The molecule has 20 heavy (non-hydrogen) atoms. The fourth-order valence-electron chi connectivity index (χ4n) is 1.43. The molecule has 0 saturated carbocycles. The first-order valence-corrected chi connectivity index (χ1v) is 6.44. The number of nitrogens with two attached hydrogens (primary N) is 1. The summed E-state index contributed by atoms with van der Waals surface area (Å²) in [6, 6.07) is -3.07. The van der Waals surface area contributed by atoms with E-state index in [1.807, 2.05) is 6.92 Å². The van der Waals surface area contributed by atoms with Gasteiger partial charge in [0.15, 0.2) is 0 Å². The number of nitrogens with one attached hydrogen (secondary N) is 2. The minimum absolute atomic E-state index is 0.237. The van der Waals surface area contributed by atoms with Crippen molar-refractivity contribution in [1.82, 2.24) is 10.6 Å². The Labute approximate surface area is 117 Å². The number of aliphatic hydroxyl groups excluding tert-OH is 1. The summed E-state index contributed by atoms with van der Waals surface area (Å²) in [5.74, 6) is -2.65. The van der Waals surface area contributed by atoms with Gasteiger partial charge in [0.1, 0.15) is 18.1 Å². The van der Waals surface area contributed by atoms with Gasteiger partial charge in [0.05, 0.1) is 6.61 Å². The number of carbonyl (C=O) groups excluding carboxylic acids is 2. The topological polar surface area (TPSA) is 142 Å². The molecule has 0 radical (unpaired) electrons. The minimum atomic E-state index is -1.13. The third kappa shape index (κ3) is 5.54. The van der Waals surface area contributed by atoms with Crippen LogP contribution in [0.2, 0.25) is 0 Å². The van der Waals surface area contributed by atoms with Gasteiger partial charge in [0.25, 0.3) is 0 Å². The summed E-state index contributed by atoms with van der Waals surface area (Å²) in [6.07, 6.45) is 0.591. The fourth-order valence-corrected chi connectivity index (χ4v) is 1.43. The van der Waals surface area contributed by atoms with E-state index in [-0.39, 0.29) is 5.92 Å². The van der Waals surface area contributed by atoms with Crippen LogP contribution >= 0.6 is 0 Å². The van der Waals surface area contributed by atoms with Crippen LogP contribution in [0.4, 0.5) is 0 Å². The summed E-state index contributed by atoms with van der Waals surface area (Å²) in [5.41, 5.74) is 5.30. The molecule has 6 N–H and O–H groups in total. The van der Waals surface area contributed by atoms with E-state index in [1.165, 1.54) is 6.92 Å². The van der Waals surface area contributed by atoms with E-state index in [4.69, 9.17) is 15.9 Å². The Hall–Kier alpha value is -1.67. The molecule has 0 aromatic heterocycles. The van der Waals surface area contributed by atoms with Gasteiger partial charge in [-0.3, -0.25) is 9.59 Å². The highest BCUT2D eigenvalue weighted by Crippen LogP contribution is 2.08. The second-order valence-electron chi connectivity index (χ2n) is 4.73. The monoisotopic (exact) mass is 289 g/mol. The summed E-state index contributed by atoms with van der Waals surface area (Å²) in [5, 5.41) is 22.4. The largest absolute Gasteiger partial charge is 0.480 e. The molecule has 0 aliphatic heterocycles. The molecule has 0 fully saturated rings. The number of carboxylic acids is 1. The maximum Gasteiger partial charge on any atom is 0.326 e. The lowest BCUT2D eigenvalue weighted by Crippen LogP contribution is -2.55. The van der Waals surface area contributed by atoms with Gasteiger partial charge in [-0.2, -0.15) is 0 Å². The Morgan fingerprint density at radius 3 is 2.10 bits per heavy atom. The Kier molecular flexibility index (Phi) is 7.78. The van der Waals surface area contributed by atoms with Crippen molar-refractivity contribution in [3.8, 4) is 0 Å². The molecule has 8 heteroatoms. The maximum absolute atomic E-state index is 11.8. The van der Waals surface area contributed by atoms with Crippen LogP contribution in [0, 0.1) is 5.92 Å². The van der Waals surface area contributed by atoms with Crippen LogP contribution in [0.1, 0.15) is 27.2 Å². The van der Waals surface area contributed by atoms with E-state index < -0.39 is 42.5 Å². The lowest BCUT2D eigenvalue weighted by molar-refractivity contribution is -0.143. The van der Waals surface area contributed by atoms with E-state index in [0.29, 0.717) is 6.42 Å². The van der Waals surface area contributed by atoms with Crippen molar-refractivity contribution < 1.29 is 24.6 Å². The van der Waals surface area contributed by atoms with Gasteiger partial charge in [-0.1, -0.05) is 20.3 Å². The molecule has 0 aliphatic carbocycles. The van der Waals surface area contributed by atoms with Crippen molar-refractivity contribution in [3.63, 3.8) is 0 Å². The molecule has 0 heterocycles. The summed E-state index contributed by atoms with van der Waals surface area (Å²) in [7, 11) is 0. The van der Waals surface area contributed by atoms with E-state index in [1.54, 1.807) is 6.92 Å². The summed E-state index contributed by atoms with van der Waals surface area (Å²) in [4.78, 5) is 34.3. The van der Waals surface area contributed by atoms with Crippen LogP contribution in [-0.2, 0) is 14.4 Å². The standard InChI is InChI=1S/C12H23N3O5/c1-4-6(2)9(12(19)20)15-10(17)7(3)14-11(18)8(13)5-16/h6-9,16H,4-5,13H2,1-3H3,(H,14,18)(H,15,17)(H,19,20)/t6-,7-,8-,9-/m0/s1. The van der Waals surface area contributed by atoms with E-state index >= 15 is 0 Å². The molecule has 8 nitrogen and oxygen atoms in total. The Balaban J connectivity index is 4.58. The van der Waals surface area contributed by atoms with Crippen molar-refractivity contribution in [3.05, 3.63) is 0 Å². The molecular weight excluding hydrogens is 266 g/mol. The molecule has 2 amide bonds. The van der Waals surface area contributed by atoms with Crippen molar-refractivity contribution in [2.75, 3.05) is 6.61 Å². The molecule has 0 saturated heterocycles. The Morgan fingerprint density at radius 1 is 1.15 bits per heavy atom. The van der Waals surface area contributed by atoms with Crippen LogP contribution in [0.3, 0.4) is 0 Å². The number of amides is 2. The van der Waals surface area contributed by atoms with Crippen LogP contribution in [0.25, 0.3) is 0 Å². The first-order chi connectivity index (χ1) is 9.24.